The maximum atomic E-state index is 13.2. The molecule has 0 atom stereocenters. The molecule has 2 aromatic carbocycles. The van der Waals surface area contributed by atoms with Gasteiger partial charge in [0.05, 0.1) is 10.6 Å². The quantitative estimate of drug-likeness (QED) is 0.369. The third kappa shape index (κ3) is 4.50. The molecule has 0 aliphatic carbocycles. The Kier molecular flexibility index (Phi) is 5.21. The van der Waals surface area contributed by atoms with Crippen LogP contribution in [0.1, 0.15) is 0 Å². The summed E-state index contributed by atoms with van der Waals surface area (Å²) in [4.78, 5) is 6.98. The van der Waals surface area contributed by atoms with Crippen LogP contribution in [0.15, 0.2) is 45.3 Å². The smallest absolute Gasteiger partial charge is 0.313 e. The standard InChI is InChI=1S/C13H9FN4O9S3/c14-12-15-5-16-13(18-12)17-9-4-8-6(2-11(9)30(25,26)27)1-7(28(19,20)21)3-10(8)29(22,23)24/h1-5H,(H,19,20,21)(H,22,23,24)(H,25,26,27)(H,15,16,17,18). The van der Waals surface area contributed by atoms with Crippen LogP contribution >= 0.6 is 0 Å². The minimum Gasteiger partial charge on any atom is -0.323 e. The zero-order valence-corrected chi connectivity index (χ0v) is 16.6. The highest BCUT2D eigenvalue weighted by atomic mass is 32.2. The molecule has 4 N–H and O–H groups in total. The number of benzene rings is 2. The van der Waals surface area contributed by atoms with Gasteiger partial charge < -0.3 is 5.32 Å². The summed E-state index contributed by atoms with van der Waals surface area (Å²) >= 11 is 0. The van der Waals surface area contributed by atoms with E-state index >= 15 is 0 Å². The zero-order chi connectivity index (χ0) is 22.5. The van der Waals surface area contributed by atoms with Crippen molar-refractivity contribution in [3.8, 4) is 0 Å². The maximum absolute atomic E-state index is 13.2. The third-order valence-corrected chi connectivity index (χ3v) is 6.25. The number of aromatic nitrogens is 3. The Labute approximate surface area is 167 Å². The molecule has 13 nitrogen and oxygen atoms in total. The fraction of sp³-hybridized carbons (Fsp3) is 0. The van der Waals surface area contributed by atoms with Crippen LogP contribution < -0.4 is 5.32 Å². The molecule has 0 aliphatic rings. The van der Waals surface area contributed by atoms with Crippen molar-refractivity contribution in [2.75, 3.05) is 5.32 Å². The second kappa shape index (κ2) is 7.15. The first-order valence-corrected chi connectivity index (χ1v) is 11.6. The van der Waals surface area contributed by atoms with E-state index in [0.29, 0.717) is 18.2 Å². The monoisotopic (exact) mass is 480 g/mol. The molecule has 0 unspecified atom stereocenters. The topological polar surface area (TPSA) is 214 Å². The molecule has 1 aromatic heterocycles. The lowest BCUT2D eigenvalue weighted by molar-refractivity contribution is 0.480. The van der Waals surface area contributed by atoms with Crippen LogP contribution in [-0.4, -0.2) is 53.9 Å². The van der Waals surface area contributed by atoms with Crippen molar-refractivity contribution < 1.29 is 43.3 Å². The van der Waals surface area contributed by atoms with E-state index in [4.69, 9.17) is 0 Å². The van der Waals surface area contributed by atoms with Crippen LogP contribution in [0, 0.1) is 6.08 Å². The van der Waals surface area contributed by atoms with Crippen LogP contribution in [0.3, 0.4) is 0 Å². The fourth-order valence-electron chi connectivity index (χ4n) is 2.46. The van der Waals surface area contributed by atoms with Gasteiger partial charge in [0.15, 0.2) is 0 Å². The first kappa shape index (κ1) is 21.9. The Morgan fingerprint density at radius 3 is 1.97 bits per heavy atom. The highest BCUT2D eigenvalue weighted by molar-refractivity contribution is 7.87. The molecule has 0 spiro atoms. The van der Waals surface area contributed by atoms with Crippen molar-refractivity contribution in [1.29, 1.82) is 0 Å². The molecule has 3 aromatic rings. The number of nitrogens with zero attached hydrogens (tertiary/aromatic N) is 3. The van der Waals surface area contributed by atoms with Crippen molar-refractivity contribution in [3.63, 3.8) is 0 Å². The van der Waals surface area contributed by atoms with Gasteiger partial charge in [-0.05, 0) is 29.7 Å². The second-order valence-electron chi connectivity index (χ2n) is 5.62. The Balaban J connectivity index is 2.42. The van der Waals surface area contributed by atoms with E-state index in [9.17, 15) is 43.3 Å². The van der Waals surface area contributed by atoms with E-state index < -0.39 is 73.5 Å². The minimum absolute atomic E-state index is 0.405. The van der Waals surface area contributed by atoms with Crippen molar-refractivity contribution in [2.24, 2.45) is 0 Å². The molecule has 0 aliphatic heterocycles. The van der Waals surface area contributed by atoms with Crippen LogP contribution in [0.25, 0.3) is 10.8 Å². The molecule has 0 radical (unpaired) electrons. The van der Waals surface area contributed by atoms with Crippen LogP contribution in [0.5, 0.6) is 0 Å². The van der Waals surface area contributed by atoms with E-state index in [-0.39, 0.29) is 0 Å². The fourth-order valence-corrected chi connectivity index (χ4v) is 4.47. The number of nitrogens with one attached hydrogen (secondary N) is 1. The van der Waals surface area contributed by atoms with Gasteiger partial charge in [0.25, 0.3) is 30.4 Å². The van der Waals surface area contributed by atoms with E-state index in [2.05, 4.69) is 20.3 Å². The van der Waals surface area contributed by atoms with Crippen molar-refractivity contribution in [1.82, 2.24) is 15.0 Å². The number of anilines is 2. The highest BCUT2D eigenvalue weighted by Crippen LogP contribution is 2.34. The average Bonchev–Trinajstić information content (AvgIpc) is 2.57. The van der Waals surface area contributed by atoms with E-state index in [0.717, 1.165) is 12.4 Å². The zero-order valence-electron chi connectivity index (χ0n) is 14.1. The molecular formula is C13H9FN4O9S3. The Morgan fingerprint density at radius 2 is 1.43 bits per heavy atom. The Bertz CT molecular complexity index is 1510. The molecule has 0 saturated carbocycles. The summed E-state index contributed by atoms with van der Waals surface area (Å²) in [5.41, 5.74) is -0.542. The second-order valence-corrected chi connectivity index (χ2v) is 9.82. The summed E-state index contributed by atoms with van der Waals surface area (Å²) in [5.74, 6) is -0.519. The van der Waals surface area contributed by atoms with Gasteiger partial charge >= 0.3 is 6.08 Å². The SMILES string of the molecule is O=S(=O)(O)c1cc(S(=O)(=O)O)c2cc(Nc3ncnc(F)n3)c(S(=O)(=O)O)cc2c1. The lowest BCUT2D eigenvalue weighted by Crippen LogP contribution is -2.08. The lowest BCUT2D eigenvalue weighted by Gasteiger charge is -2.13. The Hall–Kier alpha value is -2.83. The summed E-state index contributed by atoms with van der Waals surface area (Å²) < 4.78 is 111. The molecule has 17 heteroatoms. The predicted octanol–water partition coefficient (Wildman–Crippen LogP) is 0.648. The molecule has 0 amide bonds. The summed E-state index contributed by atoms with van der Waals surface area (Å²) in [5, 5.41) is 1.44. The van der Waals surface area contributed by atoms with Crippen LogP contribution in [0.4, 0.5) is 16.0 Å². The van der Waals surface area contributed by atoms with Gasteiger partial charge in [0, 0.05) is 5.39 Å². The van der Waals surface area contributed by atoms with E-state index in [1.54, 1.807) is 0 Å². The van der Waals surface area contributed by atoms with E-state index in [1.165, 1.54) is 0 Å². The average molecular weight is 480 g/mol. The normalized spacial score (nSPS) is 12.8. The minimum atomic E-state index is -5.07. The van der Waals surface area contributed by atoms with Crippen molar-refractivity contribution in [3.05, 3.63) is 36.7 Å². The number of fused-ring (bicyclic) bond motifs is 1. The molecule has 1 heterocycles. The lowest BCUT2D eigenvalue weighted by atomic mass is 10.1. The number of hydrogen-bond donors (Lipinski definition) is 4. The number of hydrogen-bond acceptors (Lipinski definition) is 10. The molecule has 3 rings (SSSR count). The number of rotatable bonds is 5. The van der Waals surface area contributed by atoms with Gasteiger partial charge in [0.2, 0.25) is 5.95 Å². The van der Waals surface area contributed by atoms with Gasteiger partial charge in [0.1, 0.15) is 16.1 Å². The predicted molar refractivity (Wildman–Crippen MR) is 96.5 cm³/mol. The van der Waals surface area contributed by atoms with E-state index in [1.807, 2.05) is 0 Å². The molecule has 160 valence electrons. The highest BCUT2D eigenvalue weighted by Gasteiger charge is 2.24. The van der Waals surface area contributed by atoms with Gasteiger partial charge in [-0.2, -0.15) is 39.6 Å². The first-order valence-electron chi connectivity index (χ1n) is 7.32. The van der Waals surface area contributed by atoms with Crippen LogP contribution in [0.2, 0.25) is 0 Å². The summed E-state index contributed by atoms with van der Waals surface area (Å²) in [6.07, 6.45) is -0.501. The maximum Gasteiger partial charge on any atom is 0.313 e. The number of halogens is 1. The van der Waals surface area contributed by atoms with Gasteiger partial charge in [-0.1, -0.05) is 0 Å². The largest absolute Gasteiger partial charge is 0.323 e. The van der Waals surface area contributed by atoms with Gasteiger partial charge in [-0.15, -0.1) is 0 Å². The molecule has 0 bridgehead atoms. The van der Waals surface area contributed by atoms with Gasteiger partial charge in [-0.25, -0.2) is 4.98 Å². The summed E-state index contributed by atoms with van der Waals surface area (Å²) in [7, 11) is -15.0. The molecule has 0 fully saturated rings. The Morgan fingerprint density at radius 1 is 0.800 bits per heavy atom. The summed E-state index contributed by atoms with van der Waals surface area (Å²) in [6, 6.07) is 2.61. The third-order valence-electron chi connectivity index (χ3n) is 3.63. The molecular weight excluding hydrogens is 471 g/mol. The molecule has 30 heavy (non-hydrogen) atoms. The van der Waals surface area contributed by atoms with Crippen molar-refractivity contribution >= 4 is 52.8 Å². The summed E-state index contributed by atoms with van der Waals surface area (Å²) in [6.45, 7) is 0. The first-order chi connectivity index (χ1) is 13.7. The molecule has 0 saturated heterocycles. The van der Waals surface area contributed by atoms with Crippen molar-refractivity contribution in [2.45, 2.75) is 14.7 Å². The van der Waals surface area contributed by atoms with Gasteiger partial charge in [-0.3, -0.25) is 13.7 Å². The van der Waals surface area contributed by atoms with Crippen LogP contribution in [-0.2, 0) is 30.4 Å².